The molecule has 19 heavy (non-hydrogen) atoms. The van der Waals surface area contributed by atoms with E-state index in [0.29, 0.717) is 11.5 Å². The van der Waals surface area contributed by atoms with Gasteiger partial charge in [0, 0.05) is 19.0 Å². The van der Waals surface area contributed by atoms with E-state index in [1.54, 1.807) is 37.6 Å². The van der Waals surface area contributed by atoms with Crippen LogP contribution in [0.15, 0.2) is 29.6 Å². The normalized spacial score (nSPS) is 11.9. The molecule has 0 spiro atoms. The van der Waals surface area contributed by atoms with Gasteiger partial charge < -0.3 is 10.2 Å². The van der Waals surface area contributed by atoms with Crippen molar-refractivity contribution in [3.63, 3.8) is 0 Å². The van der Waals surface area contributed by atoms with Gasteiger partial charge in [-0.3, -0.25) is 4.79 Å². The maximum atomic E-state index is 11.7. The van der Waals surface area contributed by atoms with E-state index in [1.807, 2.05) is 11.4 Å². The first-order chi connectivity index (χ1) is 9.08. The minimum atomic E-state index is -0.148. The number of hydrogen-bond acceptors (Lipinski definition) is 5. The van der Waals surface area contributed by atoms with Crippen LogP contribution in [0.1, 0.15) is 28.3 Å². The highest BCUT2D eigenvalue weighted by atomic mass is 32.1. The van der Waals surface area contributed by atoms with Gasteiger partial charge in [-0.25, -0.2) is 0 Å². The summed E-state index contributed by atoms with van der Waals surface area (Å²) in [5.74, 6) is 0.515. The van der Waals surface area contributed by atoms with E-state index in [1.165, 1.54) is 9.78 Å². The van der Waals surface area contributed by atoms with Gasteiger partial charge in [-0.05, 0) is 30.5 Å². The van der Waals surface area contributed by atoms with E-state index in [0.717, 1.165) is 0 Å². The molecule has 100 valence electrons. The predicted molar refractivity (Wildman–Crippen MR) is 76.4 cm³/mol. The van der Waals surface area contributed by atoms with Gasteiger partial charge in [0.2, 0.25) is 0 Å². The minimum Gasteiger partial charge on any atom is -0.361 e. The summed E-state index contributed by atoms with van der Waals surface area (Å²) in [5.41, 5.74) is 0.347. The number of aromatic nitrogens is 2. The molecule has 1 N–H and O–H groups in total. The van der Waals surface area contributed by atoms with Gasteiger partial charge in [-0.1, -0.05) is 6.07 Å². The molecule has 0 radical (unpaired) electrons. The molecular formula is C13H16N4OS. The molecule has 0 saturated heterocycles. The second-order valence-electron chi connectivity index (χ2n) is 4.38. The summed E-state index contributed by atoms with van der Waals surface area (Å²) < 4.78 is 0. The van der Waals surface area contributed by atoms with Crippen LogP contribution in [-0.4, -0.2) is 35.1 Å². The van der Waals surface area contributed by atoms with Gasteiger partial charge in [0.1, 0.15) is 5.82 Å². The van der Waals surface area contributed by atoms with E-state index < -0.39 is 0 Å². The highest BCUT2D eigenvalue weighted by Gasteiger charge is 2.11. The molecule has 0 fully saturated rings. The number of carbonyl (C=O) groups excluding carboxylic acids is 1. The lowest BCUT2D eigenvalue weighted by Gasteiger charge is -2.13. The lowest BCUT2D eigenvalue weighted by atomic mass is 10.2. The molecule has 0 aromatic carbocycles. The molecule has 1 atom stereocenters. The minimum absolute atomic E-state index is 0.148. The van der Waals surface area contributed by atoms with Crippen LogP contribution in [0.2, 0.25) is 0 Å². The van der Waals surface area contributed by atoms with E-state index in [9.17, 15) is 4.79 Å². The van der Waals surface area contributed by atoms with Crippen molar-refractivity contribution < 1.29 is 4.79 Å². The Morgan fingerprint density at radius 3 is 2.63 bits per heavy atom. The highest BCUT2D eigenvalue weighted by molar-refractivity contribution is 7.10. The van der Waals surface area contributed by atoms with Crippen LogP contribution in [-0.2, 0) is 0 Å². The molecule has 0 aliphatic carbocycles. The molecule has 2 aromatic heterocycles. The zero-order valence-corrected chi connectivity index (χ0v) is 11.9. The van der Waals surface area contributed by atoms with Crippen molar-refractivity contribution in [2.24, 2.45) is 0 Å². The zero-order valence-electron chi connectivity index (χ0n) is 11.1. The number of thiophene rings is 1. The predicted octanol–water partition coefficient (Wildman–Crippen LogP) is 2.41. The van der Waals surface area contributed by atoms with Crippen LogP contribution in [0.5, 0.6) is 0 Å². The fourth-order valence-electron chi connectivity index (χ4n) is 1.58. The van der Waals surface area contributed by atoms with Crippen molar-refractivity contribution in [1.82, 2.24) is 15.1 Å². The Hall–Kier alpha value is -1.95. The monoisotopic (exact) mass is 276 g/mol. The molecule has 0 bridgehead atoms. The van der Waals surface area contributed by atoms with Crippen LogP contribution < -0.4 is 5.32 Å². The third kappa shape index (κ3) is 3.29. The van der Waals surface area contributed by atoms with E-state index in [2.05, 4.69) is 28.5 Å². The molecule has 2 rings (SSSR count). The quantitative estimate of drug-likeness (QED) is 0.931. The standard InChI is InChI=1S/C13H16N4OS/c1-9(11-5-4-8-19-11)14-12-7-6-10(15-16-12)13(18)17(2)3/h4-9H,1-3H3,(H,14,16). The number of carbonyl (C=O) groups is 1. The van der Waals surface area contributed by atoms with Gasteiger partial charge in [0.05, 0.1) is 6.04 Å². The molecule has 2 aromatic rings. The average molecular weight is 276 g/mol. The Bertz CT molecular complexity index is 536. The summed E-state index contributed by atoms with van der Waals surface area (Å²) in [6, 6.07) is 7.71. The Labute approximate surface area is 116 Å². The van der Waals surface area contributed by atoms with Crippen molar-refractivity contribution in [3.05, 3.63) is 40.2 Å². The topological polar surface area (TPSA) is 58.1 Å². The highest BCUT2D eigenvalue weighted by Crippen LogP contribution is 2.21. The second kappa shape index (κ2) is 5.79. The number of amides is 1. The molecule has 0 saturated carbocycles. The van der Waals surface area contributed by atoms with Crippen LogP contribution >= 0.6 is 11.3 Å². The smallest absolute Gasteiger partial charge is 0.273 e. The van der Waals surface area contributed by atoms with Gasteiger partial charge in [0.15, 0.2) is 5.69 Å². The molecular weight excluding hydrogens is 260 g/mol. The summed E-state index contributed by atoms with van der Waals surface area (Å²) in [6.07, 6.45) is 0. The van der Waals surface area contributed by atoms with Crippen molar-refractivity contribution in [2.45, 2.75) is 13.0 Å². The van der Waals surface area contributed by atoms with Crippen LogP contribution in [0, 0.1) is 0 Å². The first kappa shape index (κ1) is 13.5. The fraction of sp³-hybridized carbons (Fsp3) is 0.308. The summed E-state index contributed by atoms with van der Waals surface area (Å²) in [7, 11) is 3.38. The lowest BCUT2D eigenvalue weighted by molar-refractivity contribution is 0.0821. The lowest BCUT2D eigenvalue weighted by Crippen LogP contribution is -2.23. The first-order valence-corrected chi connectivity index (χ1v) is 6.81. The molecule has 0 aliphatic heterocycles. The van der Waals surface area contributed by atoms with Crippen LogP contribution in [0.3, 0.4) is 0 Å². The van der Waals surface area contributed by atoms with Gasteiger partial charge in [-0.15, -0.1) is 21.5 Å². The van der Waals surface area contributed by atoms with Gasteiger partial charge in [-0.2, -0.15) is 0 Å². The maximum Gasteiger partial charge on any atom is 0.273 e. The molecule has 1 unspecified atom stereocenters. The molecule has 2 heterocycles. The maximum absolute atomic E-state index is 11.7. The number of rotatable bonds is 4. The first-order valence-electron chi connectivity index (χ1n) is 5.93. The average Bonchev–Trinajstić information content (AvgIpc) is 2.92. The van der Waals surface area contributed by atoms with Crippen molar-refractivity contribution >= 4 is 23.1 Å². The van der Waals surface area contributed by atoms with Crippen LogP contribution in [0.4, 0.5) is 5.82 Å². The molecule has 1 amide bonds. The van der Waals surface area contributed by atoms with Crippen molar-refractivity contribution in [3.8, 4) is 0 Å². The van der Waals surface area contributed by atoms with E-state index in [-0.39, 0.29) is 11.9 Å². The van der Waals surface area contributed by atoms with E-state index >= 15 is 0 Å². The summed E-state index contributed by atoms with van der Waals surface area (Å²) in [6.45, 7) is 2.06. The summed E-state index contributed by atoms with van der Waals surface area (Å²) >= 11 is 1.69. The molecule has 0 aliphatic rings. The van der Waals surface area contributed by atoms with Crippen molar-refractivity contribution in [1.29, 1.82) is 0 Å². The Morgan fingerprint density at radius 2 is 2.11 bits per heavy atom. The second-order valence-corrected chi connectivity index (χ2v) is 5.36. The van der Waals surface area contributed by atoms with Gasteiger partial charge >= 0.3 is 0 Å². The van der Waals surface area contributed by atoms with Crippen LogP contribution in [0.25, 0.3) is 0 Å². The Morgan fingerprint density at radius 1 is 1.32 bits per heavy atom. The SMILES string of the molecule is CC(Nc1ccc(C(=O)N(C)C)nn1)c1cccs1. The molecule has 6 heteroatoms. The number of hydrogen-bond donors (Lipinski definition) is 1. The van der Waals surface area contributed by atoms with Gasteiger partial charge in [0.25, 0.3) is 5.91 Å². The Kier molecular flexibility index (Phi) is 4.11. The van der Waals surface area contributed by atoms with E-state index in [4.69, 9.17) is 0 Å². The number of anilines is 1. The molecule has 5 nitrogen and oxygen atoms in total. The largest absolute Gasteiger partial charge is 0.361 e. The Balaban J connectivity index is 2.05. The third-order valence-corrected chi connectivity index (χ3v) is 3.68. The fourth-order valence-corrected chi connectivity index (χ4v) is 2.32. The zero-order chi connectivity index (χ0) is 13.8. The third-order valence-electron chi connectivity index (χ3n) is 2.62. The number of nitrogens with one attached hydrogen (secondary N) is 1. The number of nitrogens with zero attached hydrogens (tertiary/aromatic N) is 3. The van der Waals surface area contributed by atoms with Crippen molar-refractivity contribution in [2.75, 3.05) is 19.4 Å². The summed E-state index contributed by atoms with van der Waals surface area (Å²) in [5, 5.41) is 13.3. The summed E-state index contributed by atoms with van der Waals surface area (Å²) in [4.78, 5) is 14.4.